The fourth-order valence-corrected chi connectivity index (χ4v) is 3.70. The van der Waals surface area contributed by atoms with Crippen LogP contribution in [-0.2, 0) is 13.0 Å². The van der Waals surface area contributed by atoms with Gasteiger partial charge in [-0.05, 0) is 24.6 Å². The van der Waals surface area contributed by atoms with Crippen LogP contribution in [0, 0.1) is 0 Å². The van der Waals surface area contributed by atoms with Gasteiger partial charge in [0.15, 0.2) is 23.3 Å². The fourth-order valence-electron chi connectivity index (χ4n) is 3.70. The topological polar surface area (TPSA) is 88.2 Å². The summed E-state index contributed by atoms with van der Waals surface area (Å²) >= 11 is 0. The largest absolute Gasteiger partial charge is 0.454 e. The van der Waals surface area contributed by atoms with Crippen molar-refractivity contribution in [2.24, 2.45) is 4.99 Å². The van der Waals surface area contributed by atoms with Crippen LogP contribution < -0.4 is 14.8 Å². The Bertz CT molecular complexity index is 896. The molecule has 2 aliphatic heterocycles. The minimum Gasteiger partial charge on any atom is -0.454 e. The number of rotatable bonds is 7. The molecule has 0 amide bonds. The molecule has 0 radical (unpaired) electrons. The molecule has 1 aromatic heterocycles. The molecular weight excluding hydrogens is 523 g/mol. The fraction of sp³-hybridized carbons (Fsp3) is 0.591. The molecule has 0 aliphatic carbocycles. The van der Waals surface area contributed by atoms with Crippen molar-refractivity contribution in [3.05, 3.63) is 35.5 Å². The molecule has 2 aliphatic rings. The lowest BCUT2D eigenvalue weighted by atomic mass is 10.1. The van der Waals surface area contributed by atoms with E-state index in [0.29, 0.717) is 25.6 Å². The summed E-state index contributed by atoms with van der Waals surface area (Å²) in [6, 6.07) is 6.20. The highest BCUT2D eigenvalue weighted by molar-refractivity contribution is 14.0. The van der Waals surface area contributed by atoms with Crippen molar-refractivity contribution >= 4 is 29.9 Å². The summed E-state index contributed by atoms with van der Waals surface area (Å²) in [5, 5.41) is 7.44. The van der Waals surface area contributed by atoms with Crippen LogP contribution in [0.1, 0.15) is 44.0 Å². The average molecular weight is 556 g/mol. The molecule has 1 aromatic carbocycles. The van der Waals surface area contributed by atoms with Gasteiger partial charge in [0.25, 0.3) is 0 Å². The third-order valence-corrected chi connectivity index (χ3v) is 5.44. The van der Waals surface area contributed by atoms with Crippen molar-refractivity contribution < 1.29 is 14.0 Å². The van der Waals surface area contributed by atoms with E-state index in [0.717, 1.165) is 62.6 Å². The molecule has 0 bridgehead atoms. The standard InChI is InChI=1S/C22H32N6O3.HI/c1-4-23-22(24-8-7-20-25-21(16(2)3)26-31-20)28-11-9-27(10-12-28)14-17-5-6-18-19(13-17)30-15-29-18;/h5-6,13,16H,4,7-12,14-15H2,1-3H3,(H,23,24);1H. The number of aromatic nitrogens is 2. The molecule has 10 heteroatoms. The Balaban J connectivity index is 0.00000289. The molecule has 0 saturated carbocycles. The number of ether oxygens (including phenoxy) is 2. The van der Waals surface area contributed by atoms with Crippen molar-refractivity contribution in [2.45, 2.75) is 39.7 Å². The zero-order chi connectivity index (χ0) is 21.6. The van der Waals surface area contributed by atoms with Crippen LogP contribution in [0.3, 0.4) is 0 Å². The molecule has 0 spiro atoms. The molecule has 1 fully saturated rings. The minimum atomic E-state index is 0. The third-order valence-electron chi connectivity index (χ3n) is 5.44. The number of halogens is 1. The summed E-state index contributed by atoms with van der Waals surface area (Å²) in [6.07, 6.45) is 0.651. The zero-order valence-corrected chi connectivity index (χ0v) is 21.4. The Morgan fingerprint density at radius 1 is 1.16 bits per heavy atom. The number of fused-ring (bicyclic) bond motifs is 1. The van der Waals surface area contributed by atoms with E-state index in [9.17, 15) is 0 Å². The van der Waals surface area contributed by atoms with Gasteiger partial charge in [-0.3, -0.25) is 9.89 Å². The first-order valence-corrected chi connectivity index (χ1v) is 11.1. The van der Waals surface area contributed by atoms with E-state index < -0.39 is 0 Å². The number of benzene rings is 1. The second kappa shape index (κ2) is 11.7. The molecule has 32 heavy (non-hydrogen) atoms. The van der Waals surface area contributed by atoms with Gasteiger partial charge < -0.3 is 24.2 Å². The maximum absolute atomic E-state index is 5.50. The summed E-state index contributed by atoms with van der Waals surface area (Å²) in [6.45, 7) is 12.8. The lowest BCUT2D eigenvalue weighted by Gasteiger charge is -2.36. The number of nitrogens with one attached hydrogen (secondary N) is 1. The van der Waals surface area contributed by atoms with Gasteiger partial charge in [-0.1, -0.05) is 25.1 Å². The van der Waals surface area contributed by atoms with E-state index in [1.165, 1.54) is 5.56 Å². The highest BCUT2D eigenvalue weighted by atomic mass is 127. The summed E-state index contributed by atoms with van der Waals surface area (Å²) in [5.74, 6) is 4.31. The Kier molecular flexibility index (Phi) is 8.97. The predicted octanol–water partition coefficient (Wildman–Crippen LogP) is 2.87. The number of guanidine groups is 1. The first-order chi connectivity index (χ1) is 15.1. The van der Waals surface area contributed by atoms with Crippen molar-refractivity contribution in [3.8, 4) is 11.5 Å². The van der Waals surface area contributed by atoms with Crippen LogP contribution in [0.4, 0.5) is 0 Å². The van der Waals surface area contributed by atoms with Crippen LogP contribution in [0.5, 0.6) is 11.5 Å². The maximum atomic E-state index is 5.50. The molecule has 0 unspecified atom stereocenters. The van der Waals surface area contributed by atoms with Gasteiger partial charge >= 0.3 is 0 Å². The molecule has 3 heterocycles. The van der Waals surface area contributed by atoms with E-state index in [1.807, 2.05) is 6.07 Å². The van der Waals surface area contributed by atoms with Crippen molar-refractivity contribution in [3.63, 3.8) is 0 Å². The minimum absolute atomic E-state index is 0. The normalized spacial score (nSPS) is 16.4. The van der Waals surface area contributed by atoms with Gasteiger partial charge in [0, 0.05) is 51.6 Å². The quantitative estimate of drug-likeness (QED) is 0.317. The van der Waals surface area contributed by atoms with E-state index in [2.05, 4.69) is 58.2 Å². The Morgan fingerprint density at radius 3 is 2.66 bits per heavy atom. The molecular formula is C22H33IN6O3. The summed E-state index contributed by atoms with van der Waals surface area (Å²) in [7, 11) is 0. The molecule has 176 valence electrons. The zero-order valence-electron chi connectivity index (χ0n) is 19.0. The van der Waals surface area contributed by atoms with E-state index in [4.69, 9.17) is 19.0 Å². The van der Waals surface area contributed by atoms with Crippen LogP contribution in [0.25, 0.3) is 0 Å². The van der Waals surface area contributed by atoms with Crippen LogP contribution in [0.2, 0.25) is 0 Å². The van der Waals surface area contributed by atoms with Crippen molar-refractivity contribution in [2.75, 3.05) is 46.1 Å². The molecule has 4 rings (SSSR count). The SMILES string of the molecule is CCNC(=NCCc1nc(C(C)C)no1)N1CCN(Cc2ccc3c(c2)OCO3)CC1.I. The second-order valence-corrected chi connectivity index (χ2v) is 8.14. The van der Waals surface area contributed by atoms with E-state index >= 15 is 0 Å². The van der Waals surface area contributed by atoms with Crippen molar-refractivity contribution in [1.29, 1.82) is 0 Å². The number of nitrogens with zero attached hydrogens (tertiary/aromatic N) is 5. The summed E-state index contributed by atoms with van der Waals surface area (Å²) in [4.78, 5) is 14.0. The van der Waals surface area contributed by atoms with E-state index in [1.54, 1.807) is 0 Å². The lowest BCUT2D eigenvalue weighted by molar-refractivity contribution is 0.171. The van der Waals surface area contributed by atoms with Gasteiger partial charge in [-0.25, -0.2) is 0 Å². The molecule has 1 saturated heterocycles. The van der Waals surface area contributed by atoms with Gasteiger partial charge in [0.1, 0.15) is 0 Å². The van der Waals surface area contributed by atoms with E-state index in [-0.39, 0.29) is 29.9 Å². The van der Waals surface area contributed by atoms with Crippen LogP contribution in [0.15, 0.2) is 27.7 Å². The highest BCUT2D eigenvalue weighted by Crippen LogP contribution is 2.32. The molecule has 9 nitrogen and oxygen atoms in total. The Morgan fingerprint density at radius 2 is 1.94 bits per heavy atom. The number of piperazine rings is 1. The number of aliphatic imine (C=N–C) groups is 1. The first kappa shape index (κ1) is 24.6. The first-order valence-electron chi connectivity index (χ1n) is 11.1. The molecule has 1 N–H and O–H groups in total. The Hall–Kier alpha value is -2.08. The monoisotopic (exact) mass is 556 g/mol. The van der Waals surface area contributed by atoms with Crippen LogP contribution in [-0.4, -0.2) is 72.0 Å². The lowest BCUT2D eigenvalue weighted by Crippen LogP contribution is -2.52. The summed E-state index contributed by atoms with van der Waals surface area (Å²) in [5.41, 5.74) is 1.25. The van der Waals surface area contributed by atoms with Crippen LogP contribution >= 0.6 is 24.0 Å². The Labute approximate surface area is 206 Å². The van der Waals surface area contributed by atoms with Gasteiger partial charge in [0.05, 0.1) is 6.54 Å². The molecule has 0 atom stereocenters. The van der Waals surface area contributed by atoms with Gasteiger partial charge in [0.2, 0.25) is 12.7 Å². The second-order valence-electron chi connectivity index (χ2n) is 8.14. The third kappa shape index (κ3) is 6.25. The molecule has 2 aromatic rings. The predicted molar refractivity (Wildman–Crippen MR) is 133 cm³/mol. The maximum Gasteiger partial charge on any atom is 0.231 e. The smallest absolute Gasteiger partial charge is 0.231 e. The number of hydrogen-bond donors (Lipinski definition) is 1. The highest BCUT2D eigenvalue weighted by Gasteiger charge is 2.21. The summed E-state index contributed by atoms with van der Waals surface area (Å²) < 4.78 is 16.2. The van der Waals surface area contributed by atoms with Crippen molar-refractivity contribution in [1.82, 2.24) is 25.3 Å². The van der Waals surface area contributed by atoms with Gasteiger partial charge in [-0.15, -0.1) is 24.0 Å². The van der Waals surface area contributed by atoms with Gasteiger partial charge in [-0.2, -0.15) is 4.98 Å². The number of hydrogen-bond acceptors (Lipinski definition) is 7. The average Bonchev–Trinajstić information content (AvgIpc) is 3.43.